The van der Waals surface area contributed by atoms with Crippen LogP contribution in [0.15, 0.2) is 29.3 Å². The van der Waals surface area contributed by atoms with Gasteiger partial charge in [-0.2, -0.15) is 10.4 Å². The monoisotopic (exact) mass is 482 g/mol. The first-order chi connectivity index (χ1) is 16.4. The lowest BCUT2D eigenvalue weighted by molar-refractivity contribution is 0.335. The molecule has 0 saturated carbocycles. The van der Waals surface area contributed by atoms with Gasteiger partial charge in [-0.15, -0.1) is 0 Å². The van der Waals surface area contributed by atoms with Gasteiger partial charge >= 0.3 is 0 Å². The van der Waals surface area contributed by atoms with Gasteiger partial charge in [-0.3, -0.25) is 0 Å². The van der Waals surface area contributed by atoms with Crippen LogP contribution in [-0.2, 0) is 13.0 Å². The fourth-order valence-electron chi connectivity index (χ4n) is 3.92. The van der Waals surface area contributed by atoms with Crippen LogP contribution in [0, 0.1) is 11.3 Å². The van der Waals surface area contributed by atoms with Gasteiger partial charge in [-0.25, -0.2) is 9.67 Å². The molecule has 1 aromatic carbocycles. The van der Waals surface area contributed by atoms with Gasteiger partial charge in [-0.05, 0) is 57.6 Å². The molecule has 8 nitrogen and oxygen atoms in total. The van der Waals surface area contributed by atoms with Gasteiger partial charge in [0.25, 0.3) is 0 Å². The predicted octanol–water partition coefficient (Wildman–Crippen LogP) is 4.15. The number of likely N-dealkylation sites (N-methyl/N-ethyl adjacent to an activating group) is 1. The molecule has 34 heavy (non-hydrogen) atoms. The van der Waals surface area contributed by atoms with E-state index in [4.69, 9.17) is 16.6 Å². The maximum absolute atomic E-state index is 9.61. The molecular weight excluding hydrogens is 448 g/mol. The summed E-state index contributed by atoms with van der Waals surface area (Å²) in [5.41, 5.74) is 4.58. The van der Waals surface area contributed by atoms with E-state index in [1.165, 1.54) is 5.56 Å². The number of hydrogen-bond acceptors (Lipinski definition) is 6. The summed E-state index contributed by atoms with van der Waals surface area (Å²) in [4.78, 5) is 9.23. The molecule has 3 rings (SSSR count). The third-order valence-corrected chi connectivity index (χ3v) is 6.18. The maximum atomic E-state index is 9.61. The SMILES string of the molecule is C/C=C(\N=C(\CNc1cc(Cl)nn1CCCN(C)CC)N(C)C)c1cc(C#N)c2c(c1)CCN2. The lowest BCUT2D eigenvalue weighted by Crippen LogP contribution is -2.30. The standard InChI is InChI=1S/C25H35ClN8/c1-6-21(19-13-18-9-10-28-25(18)20(14-19)16-27)30-24(32(3)4)17-29-23-15-22(26)31-34(23)12-8-11-33(5)7-2/h6,13-15,28-29H,7-12,17H2,1-5H3/b21-6-,30-24-. The van der Waals surface area contributed by atoms with Gasteiger partial charge in [-0.1, -0.05) is 24.6 Å². The van der Waals surface area contributed by atoms with E-state index < -0.39 is 0 Å². The third-order valence-electron chi connectivity index (χ3n) is 6.00. The zero-order chi connectivity index (χ0) is 24.7. The first-order valence-corrected chi connectivity index (χ1v) is 12.1. The van der Waals surface area contributed by atoms with Gasteiger partial charge < -0.3 is 20.4 Å². The van der Waals surface area contributed by atoms with Crippen LogP contribution in [0.2, 0.25) is 5.15 Å². The molecule has 0 spiro atoms. The van der Waals surface area contributed by atoms with Gasteiger partial charge in [0.05, 0.1) is 23.5 Å². The normalized spacial score (nSPS) is 13.6. The summed E-state index contributed by atoms with van der Waals surface area (Å²) in [6, 6.07) is 8.22. The molecule has 0 aliphatic carbocycles. The van der Waals surface area contributed by atoms with Crippen LogP contribution in [0.5, 0.6) is 0 Å². The fourth-order valence-corrected chi connectivity index (χ4v) is 4.11. The minimum atomic E-state index is 0.472. The van der Waals surface area contributed by atoms with E-state index in [-0.39, 0.29) is 0 Å². The first-order valence-electron chi connectivity index (χ1n) is 11.7. The molecular formula is C25H35ClN8. The fraction of sp³-hybridized carbons (Fsp3) is 0.480. The Morgan fingerprint density at radius 2 is 2.15 bits per heavy atom. The highest BCUT2D eigenvalue weighted by Gasteiger charge is 2.17. The van der Waals surface area contributed by atoms with E-state index in [1.807, 2.05) is 48.8 Å². The number of anilines is 2. The number of amidine groups is 1. The van der Waals surface area contributed by atoms with Crippen LogP contribution >= 0.6 is 11.6 Å². The number of hydrogen-bond donors (Lipinski definition) is 2. The lowest BCUT2D eigenvalue weighted by atomic mass is 10.0. The van der Waals surface area contributed by atoms with Crippen molar-refractivity contribution < 1.29 is 0 Å². The molecule has 0 bridgehead atoms. The zero-order valence-electron chi connectivity index (χ0n) is 20.8. The third kappa shape index (κ3) is 6.31. The van der Waals surface area contributed by atoms with E-state index in [0.29, 0.717) is 17.3 Å². The zero-order valence-corrected chi connectivity index (χ0v) is 21.6. The van der Waals surface area contributed by atoms with Crippen LogP contribution in [0.25, 0.3) is 5.70 Å². The van der Waals surface area contributed by atoms with Gasteiger partial charge in [0.1, 0.15) is 17.7 Å². The summed E-state index contributed by atoms with van der Waals surface area (Å²) in [5, 5.41) is 21.3. The van der Waals surface area contributed by atoms with E-state index in [0.717, 1.165) is 67.6 Å². The lowest BCUT2D eigenvalue weighted by Gasteiger charge is -2.19. The predicted molar refractivity (Wildman–Crippen MR) is 142 cm³/mol. The second-order valence-corrected chi connectivity index (χ2v) is 9.01. The van der Waals surface area contributed by atoms with E-state index >= 15 is 0 Å². The number of rotatable bonds is 10. The molecule has 1 aliphatic heterocycles. The summed E-state index contributed by atoms with van der Waals surface area (Å²) in [7, 11) is 6.07. The van der Waals surface area contributed by atoms with Crippen LogP contribution < -0.4 is 10.6 Å². The molecule has 1 aromatic heterocycles. The molecule has 182 valence electrons. The number of fused-ring (bicyclic) bond motifs is 1. The summed E-state index contributed by atoms with van der Waals surface area (Å²) in [6.45, 7) is 8.31. The summed E-state index contributed by atoms with van der Waals surface area (Å²) < 4.78 is 1.92. The Morgan fingerprint density at radius 3 is 2.82 bits per heavy atom. The first kappa shape index (κ1) is 25.6. The molecule has 0 fully saturated rings. The highest BCUT2D eigenvalue weighted by atomic mass is 35.5. The summed E-state index contributed by atoms with van der Waals surface area (Å²) >= 11 is 6.21. The van der Waals surface area contributed by atoms with Crippen LogP contribution in [-0.4, -0.2) is 72.7 Å². The van der Waals surface area contributed by atoms with Crippen LogP contribution in [0.3, 0.4) is 0 Å². The summed E-state index contributed by atoms with van der Waals surface area (Å²) in [6.07, 6.45) is 3.89. The Morgan fingerprint density at radius 1 is 1.35 bits per heavy atom. The van der Waals surface area contributed by atoms with Crippen molar-refractivity contribution in [3.8, 4) is 6.07 Å². The molecule has 0 saturated heterocycles. The molecule has 2 aromatic rings. The molecule has 0 amide bonds. The van der Waals surface area contributed by atoms with Gasteiger partial charge in [0, 0.05) is 38.8 Å². The number of aliphatic imine (C=N–C) groups is 1. The highest BCUT2D eigenvalue weighted by molar-refractivity contribution is 6.29. The van der Waals surface area contributed by atoms with Crippen molar-refractivity contribution in [3.05, 3.63) is 46.1 Å². The van der Waals surface area contributed by atoms with Crippen LogP contribution in [0.4, 0.5) is 11.5 Å². The van der Waals surface area contributed by atoms with Crippen molar-refractivity contribution >= 4 is 34.6 Å². The Balaban J connectivity index is 1.77. The number of allylic oxidation sites excluding steroid dienone is 1. The Bertz CT molecular complexity index is 1090. The van der Waals surface area contributed by atoms with Gasteiger partial charge in [0.15, 0.2) is 5.15 Å². The molecule has 2 heterocycles. The molecule has 9 heteroatoms. The average Bonchev–Trinajstić information content (AvgIpc) is 3.44. The number of aryl methyl sites for hydroxylation is 1. The Hall–Kier alpha value is -3.02. The minimum Gasteiger partial charge on any atom is -0.383 e. The topological polar surface area (TPSA) is 84.5 Å². The number of benzene rings is 1. The van der Waals surface area contributed by atoms with Gasteiger partial charge in [0.2, 0.25) is 0 Å². The largest absolute Gasteiger partial charge is 0.383 e. The van der Waals surface area contributed by atoms with E-state index in [2.05, 4.69) is 46.7 Å². The van der Waals surface area contributed by atoms with Crippen molar-refractivity contribution in [2.24, 2.45) is 4.99 Å². The number of nitriles is 1. The molecule has 2 N–H and O–H groups in total. The van der Waals surface area contributed by atoms with Crippen molar-refractivity contribution in [2.75, 3.05) is 58.0 Å². The maximum Gasteiger partial charge on any atom is 0.153 e. The van der Waals surface area contributed by atoms with Crippen molar-refractivity contribution in [3.63, 3.8) is 0 Å². The minimum absolute atomic E-state index is 0.472. The Kier molecular flexibility index (Phi) is 8.97. The molecule has 0 atom stereocenters. The van der Waals surface area contributed by atoms with E-state index in [1.54, 1.807) is 0 Å². The number of nitrogens with zero attached hydrogens (tertiary/aromatic N) is 6. The molecule has 0 unspecified atom stereocenters. The smallest absolute Gasteiger partial charge is 0.153 e. The molecule has 1 aliphatic rings. The highest BCUT2D eigenvalue weighted by Crippen LogP contribution is 2.31. The van der Waals surface area contributed by atoms with Crippen molar-refractivity contribution in [1.29, 1.82) is 5.26 Å². The quantitative estimate of drug-likeness (QED) is 0.391. The van der Waals surface area contributed by atoms with E-state index in [9.17, 15) is 5.26 Å². The second kappa shape index (κ2) is 11.9. The number of aromatic nitrogens is 2. The molecule has 0 radical (unpaired) electrons. The second-order valence-electron chi connectivity index (χ2n) is 8.62. The Labute approximate surface area is 207 Å². The van der Waals surface area contributed by atoms with Crippen molar-refractivity contribution in [1.82, 2.24) is 19.6 Å². The van der Waals surface area contributed by atoms with Crippen LogP contribution in [0.1, 0.15) is 37.0 Å². The summed E-state index contributed by atoms with van der Waals surface area (Å²) in [5.74, 6) is 1.73. The van der Waals surface area contributed by atoms with Crippen molar-refractivity contribution in [2.45, 2.75) is 33.2 Å². The number of halogens is 1. The average molecular weight is 483 g/mol. The number of nitrogens with one attached hydrogen (secondary N) is 2.